The topological polar surface area (TPSA) is 159 Å². The highest BCUT2D eigenvalue weighted by molar-refractivity contribution is 5.90. The summed E-state index contributed by atoms with van der Waals surface area (Å²) in [6, 6.07) is 19.6. The van der Waals surface area contributed by atoms with Gasteiger partial charge in [-0.2, -0.15) is 13.2 Å². The zero-order valence-electron chi connectivity index (χ0n) is 22.6. The second kappa shape index (κ2) is 15.6. The Labute approximate surface area is 235 Å². The summed E-state index contributed by atoms with van der Waals surface area (Å²) in [5.41, 5.74) is 13.9. The third kappa shape index (κ3) is 10.7. The van der Waals surface area contributed by atoms with Crippen molar-refractivity contribution in [2.24, 2.45) is 11.5 Å². The molecule has 222 valence electrons. The first-order valence-electron chi connectivity index (χ1n) is 12.9. The first-order valence-corrected chi connectivity index (χ1v) is 12.9. The predicted molar refractivity (Wildman–Crippen MR) is 149 cm³/mol. The van der Waals surface area contributed by atoms with Crippen molar-refractivity contribution in [1.82, 2.24) is 10.2 Å². The van der Waals surface area contributed by atoms with Crippen molar-refractivity contribution in [2.45, 2.75) is 43.9 Å². The van der Waals surface area contributed by atoms with Crippen LogP contribution in [0.25, 0.3) is 10.8 Å². The van der Waals surface area contributed by atoms with E-state index in [-0.39, 0.29) is 17.6 Å². The molecular weight excluding hydrogens is 541 g/mol. The fraction of sp³-hybridized carbons (Fsp3) is 0.345. The number of alkyl halides is 3. The summed E-state index contributed by atoms with van der Waals surface area (Å²) in [5.74, 6) is -3.05. The molecule has 0 saturated heterocycles. The fourth-order valence-electron chi connectivity index (χ4n) is 4.04. The Bertz CT molecular complexity index is 1300. The predicted octanol–water partition coefficient (Wildman–Crippen LogP) is 2.97. The van der Waals surface area contributed by atoms with Crippen molar-refractivity contribution in [2.75, 3.05) is 20.1 Å². The Balaban J connectivity index is 0.000000745. The Morgan fingerprint density at radius 2 is 1.56 bits per heavy atom. The van der Waals surface area contributed by atoms with Crippen molar-refractivity contribution in [3.05, 3.63) is 77.9 Å². The van der Waals surface area contributed by atoms with E-state index in [0.29, 0.717) is 38.8 Å². The highest BCUT2D eigenvalue weighted by atomic mass is 19.4. The minimum absolute atomic E-state index is 0.204. The van der Waals surface area contributed by atoms with E-state index in [4.69, 9.17) is 21.4 Å². The lowest BCUT2D eigenvalue weighted by Gasteiger charge is -2.29. The van der Waals surface area contributed by atoms with Crippen LogP contribution in [-0.4, -0.2) is 71.3 Å². The number of carboxylic acid groups (broad SMARTS) is 1. The standard InChI is InChI=1S/C27H34N4O3.C2HF3O2/c1-31(27(34)24(29)18-20-8-11-21-5-2-3-6-22(21)17-20)25(7-4-15-28)26(33)30-16-14-19-9-12-23(32)13-10-19;3-2(4,5)1(6)7/h2-3,5-6,8-13,17,24-25,32H,4,7,14-16,18,28-29H2,1H3,(H,30,33);(H,6,7). The molecule has 3 rings (SSSR count). The lowest BCUT2D eigenvalue weighted by molar-refractivity contribution is -0.192. The van der Waals surface area contributed by atoms with Crippen LogP contribution in [0.15, 0.2) is 66.7 Å². The zero-order chi connectivity index (χ0) is 30.6. The van der Waals surface area contributed by atoms with E-state index in [1.165, 1.54) is 4.90 Å². The van der Waals surface area contributed by atoms with Crippen molar-refractivity contribution < 1.29 is 37.8 Å². The molecular formula is C29H35F3N4O5. The number of likely N-dealkylation sites (N-methyl/N-ethyl adjacent to an activating group) is 1. The molecule has 0 radical (unpaired) electrons. The Kier molecular flexibility index (Phi) is 12.6. The number of carbonyl (C=O) groups is 3. The smallest absolute Gasteiger partial charge is 0.490 e. The summed E-state index contributed by atoms with van der Waals surface area (Å²) < 4.78 is 31.7. The monoisotopic (exact) mass is 576 g/mol. The molecule has 2 amide bonds. The minimum Gasteiger partial charge on any atom is -0.508 e. The van der Waals surface area contributed by atoms with Crippen molar-refractivity contribution in [3.63, 3.8) is 0 Å². The number of phenols is 1. The average Bonchev–Trinajstić information content (AvgIpc) is 2.93. The van der Waals surface area contributed by atoms with Crippen LogP contribution >= 0.6 is 0 Å². The molecule has 3 aromatic carbocycles. The maximum Gasteiger partial charge on any atom is 0.490 e. The molecule has 41 heavy (non-hydrogen) atoms. The number of hydrogen-bond donors (Lipinski definition) is 5. The lowest BCUT2D eigenvalue weighted by Crippen LogP contribution is -2.53. The van der Waals surface area contributed by atoms with Crippen LogP contribution in [0.3, 0.4) is 0 Å². The zero-order valence-corrected chi connectivity index (χ0v) is 22.6. The largest absolute Gasteiger partial charge is 0.508 e. The second-order valence-electron chi connectivity index (χ2n) is 9.40. The van der Waals surface area contributed by atoms with Gasteiger partial charge in [0.05, 0.1) is 6.04 Å². The summed E-state index contributed by atoms with van der Waals surface area (Å²) in [5, 5.41) is 21.7. The van der Waals surface area contributed by atoms with E-state index in [2.05, 4.69) is 5.32 Å². The third-order valence-electron chi connectivity index (χ3n) is 6.28. The molecule has 0 aliphatic carbocycles. The number of halogens is 3. The summed E-state index contributed by atoms with van der Waals surface area (Å²) in [6.07, 6.45) is -2.99. The van der Waals surface area contributed by atoms with Gasteiger partial charge < -0.3 is 31.9 Å². The van der Waals surface area contributed by atoms with E-state index in [0.717, 1.165) is 21.9 Å². The maximum absolute atomic E-state index is 13.1. The van der Waals surface area contributed by atoms with E-state index in [1.807, 2.05) is 54.6 Å². The molecule has 0 heterocycles. The number of amides is 2. The van der Waals surface area contributed by atoms with Crippen LogP contribution in [0.1, 0.15) is 24.0 Å². The number of nitrogens with zero attached hydrogens (tertiary/aromatic N) is 1. The fourth-order valence-corrected chi connectivity index (χ4v) is 4.04. The van der Waals surface area contributed by atoms with Gasteiger partial charge in [0.1, 0.15) is 11.8 Å². The van der Waals surface area contributed by atoms with Gasteiger partial charge in [-0.25, -0.2) is 4.79 Å². The summed E-state index contributed by atoms with van der Waals surface area (Å²) in [6.45, 7) is 0.858. The number of fused-ring (bicyclic) bond motifs is 1. The second-order valence-corrected chi connectivity index (χ2v) is 9.40. The normalized spacial score (nSPS) is 12.5. The Morgan fingerprint density at radius 3 is 2.15 bits per heavy atom. The van der Waals surface area contributed by atoms with Gasteiger partial charge in [-0.3, -0.25) is 9.59 Å². The number of rotatable bonds is 11. The molecule has 2 unspecified atom stereocenters. The van der Waals surface area contributed by atoms with Crippen LogP contribution < -0.4 is 16.8 Å². The van der Waals surface area contributed by atoms with E-state index >= 15 is 0 Å². The number of benzene rings is 3. The molecule has 0 aliphatic rings. The molecule has 12 heteroatoms. The molecule has 9 nitrogen and oxygen atoms in total. The van der Waals surface area contributed by atoms with Crippen LogP contribution in [0, 0.1) is 0 Å². The number of aliphatic carboxylic acids is 1. The third-order valence-corrected chi connectivity index (χ3v) is 6.28. The van der Waals surface area contributed by atoms with Crippen LogP contribution in [0.4, 0.5) is 13.2 Å². The van der Waals surface area contributed by atoms with Crippen molar-refractivity contribution in [3.8, 4) is 5.75 Å². The number of phenolic OH excluding ortho intramolecular Hbond substituents is 1. The summed E-state index contributed by atoms with van der Waals surface area (Å²) >= 11 is 0. The van der Waals surface area contributed by atoms with Gasteiger partial charge in [-0.15, -0.1) is 0 Å². The Hall–Kier alpha value is -4.16. The number of carbonyl (C=O) groups excluding carboxylic acids is 2. The van der Waals surface area contributed by atoms with Gasteiger partial charge in [-0.05, 0) is 66.3 Å². The molecule has 0 saturated carbocycles. The lowest BCUT2D eigenvalue weighted by atomic mass is 10.0. The molecule has 0 aromatic heterocycles. The van der Waals surface area contributed by atoms with Gasteiger partial charge in [0.2, 0.25) is 11.8 Å². The maximum atomic E-state index is 13.1. The number of nitrogens with two attached hydrogens (primary N) is 2. The van der Waals surface area contributed by atoms with Crippen LogP contribution in [0.2, 0.25) is 0 Å². The van der Waals surface area contributed by atoms with Gasteiger partial charge in [-0.1, -0.05) is 54.6 Å². The van der Waals surface area contributed by atoms with E-state index in [9.17, 15) is 27.9 Å². The first-order chi connectivity index (χ1) is 19.3. The van der Waals surface area contributed by atoms with Crippen molar-refractivity contribution >= 4 is 28.6 Å². The molecule has 0 fully saturated rings. The van der Waals surface area contributed by atoms with Gasteiger partial charge in [0, 0.05) is 13.6 Å². The number of nitrogens with one attached hydrogen (secondary N) is 1. The van der Waals surface area contributed by atoms with Gasteiger partial charge >= 0.3 is 12.1 Å². The molecule has 0 aliphatic heterocycles. The molecule has 2 atom stereocenters. The van der Waals surface area contributed by atoms with Gasteiger partial charge in [0.15, 0.2) is 0 Å². The highest BCUT2D eigenvalue weighted by Crippen LogP contribution is 2.18. The number of carboxylic acids is 1. The highest BCUT2D eigenvalue weighted by Gasteiger charge is 2.38. The SMILES string of the molecule is CN(C(=O)C(N)Cc1ccc2ccccc2c1)C(CCCN)C(=O)NCCc1ccc(O)cc1.O=C(O)C(F)(F)F. The van der Waals surface area contributed by atoms with E-state index in [1.54, 1.807) is 19.2 Å². The summed E-state index contributed by atoms with van der Waals surface area (Å²) in [7, 11) is 1.63. The van der Waals surface area contributed by atoms with Crippen LogP contribution in [-0.2, 0) is 27.2 Å². The Morgan fingerprint density at radius 1 is 0.976 bits per heavy atom. The molecule has 7 N–H and O–H groups in total. The summed E-state index contributed by atoms with van der Waals surface area (Å²) in [4.78, 5) is 36.4. The average molecular weight is 577 g/mol. The van der Waals surface area contributed by atoms with Gasteiger partial charge in [0.25, 0.3) is 0 Å². The minimum atomic E-state index is -5.08. The molecule has 3 aromatic rings. The van der Waals surface area contributed by atoms with Crippen molar-refractivity contribution in [1.29, 1.82) is 0 Å². The van der Waals surface area contributed by atoms with Crippen LogP contribution in [0.5, 0.6) is 5.75 Å². The molecule has 0 bridgehead atoms. The molecule has 0 spiro atoms. The van der Waals surface area contributed by atoms with E-state index < -0.39 is 24.2 Å². The quantitative estimate of drug-likeness (QED) is 0.235. The first kappa shape index (κ1) is 33.0. The number of aromatic hydroxyl groups is 1. The number of hydrogen-bond acceptors (Lipinski definition) is 6.